The Balaban J connectivity index is 2.00. The van der Waals surface area contributed by atoms with Crippen molar-refractivity contribution in [2.24, 2.45) is 0 Å². The Morgan fingerprint density at radius 1 is 0.947 bits per heavy atom. The van der Waals surface area contributed by atoms with Crippen molar-refractivity contribution >= 4 is 0 Å². The van der Waals surface area contributed by atoms with Gasteiger partial charge in [-0.3, -0.25) is 0 Å². The molecule has 114 valence electrons. The van der Waals surface area contributed by atoms with Crippen molar-refractivity contribution in [1.82, 2.24) is 0 Å². The first-order valence-corrected chi connectivity index (χ1v) is 7.44. The molecule has 1 aliphatic rings. The number of rotatable bonds is 9. The molecule has 0 amide bonds. The highest BCUT2D eigenvalue weighted by molar-refractivity contribution is 4.82. The lowest BCUT2D eigenvalue weighted by atomic mass is 10.1. The maximum Gasteiger partial charge on any atom is 0.186 e. The first-order valence-electron chi connectivity index (χ1n) is 7.44. The highest BCUT2D eigenvalue weighted by Gasteiger charge is 2.37. The molecule has 4 atom stereocenters. The second-order valence-electron chi connectivity index (χ2n) is 5.24. The van der Waals surface area contributed by atoms with Crippen molar-refractivity contribution in [2.45, 2.75) is 76.5 Å². The third-order valence-electron chi connectivity index (χ3n) is 3.48. The molecular weight excluding hydrogens is 248 g/mol. The van der Waals surface area contributed by atoms with E-state index >= 15 is 0 Å². The molecule has 19 heavy (non-hydrogen) atoms. The van der Waals surface area contributed by atoms with E-state index in [9.17, 15) is 15.3 Å². The van der Waals surface area contributed by atoms with Crippen LogP contribution in [0.25, 0.3) is 0 Å². The molecule has 0 aliphatic carbocycles. The quantitative estimate of drug-likeness (QED) is 0.551. The molecule has 3 N–H and O–H groups in total. The van der Waals surface area contributed by atoms with Gasteiger partial charge in [-0.05, 0) is 6.42 Å². The number of hydrogen-bond acceptors (Lipinski definition) is 5. The molecule has 0 aromatic heterocycles. The highest BCUT2D eigenvalue weighted by atomic mass is 16.7. The molecule has 1 fully saturated rings. The zero-order chi connectivity index (χ0) is 14.1. The van der Waals surface area contributed by atoms with Gasteiger partial charge < -0.3 is 24.8 Å². The van der Waals surface area contributed by atoms with Crippen LogP contribution in [0.3, 0.4) is 0 Å². The molecule has 1 heterocycles. The number of ether oxygens (including phenoxy) is 2. The van der Waals surface area contributed by atoms with Gasteiger partial charge in [-0.2, -0.15) is 0 Å². The van der Waals surface area contributed by atoms with Crippen LogP contribution in [0.2, 0.25) is 0 Å². The number of unbranched alkanes of at least 4 members (excludes halogenated alkanes) is 6. The standard InChI is InChI=1S/C14H28O5/c1-2-3-4-5-6-7-8-9-18-14-13(17)12(16)11(15)10-19-14/h11-17H,2-10H2,1H3/t11-,12+,13-,14+/m1/s1. The Hall–Kier alpha value is -0.200. The van der Waals surface area contributed by atoms with Crippen LogP contribution in [-0.4, -0.2) is 53.1 Å². The van der Waals surface area contributed by atoms with Crippen molar-refractivity contribution in [3.63, 3.8) is 0 Å². The summed E-state index contributed by atoms with van der Waals surface area (Å²) in [6.45, 7) is 2.72. The van der Waals surface area contributed by atoms with E-state index in [1.54, 1.807) is 0 Å². The van der Waals surface area contributed by atoms with Crippen LogP contribution in [-0.2, 0) is 9.47 Å². The van der Waals surface area contributed by atoms with Crippen molar-refractivity contribution in [3.05, 3.63) is 0 Å². The zero-order valence-corrected chi connectivity index (χ0v) is 11.8. The molecule has 0 saturated carbocycles. The van der Waals surface area contributed by atoms with Gasteiger partial charge in [-0.25, -0.2) is 0 Å². The van der Waals surface area contributed by atoms with E-state index in [4.69, 9.17) is 9.47 Å². The lowest BCUT2D eigenvalue weighted by molar-refractivity contribution is -0.270. The van der Waals surface area contributed by atoms with Gasteiger partial charge in [0.1, 0.15) is 18.3 Å². The SMILES string of the molecule is CCCCCCCCCO[C@H]1OC[C@@H](O)[C@H](O)[C@H]1O. The van der Waals surface area contributed by atoms with Gasteiger partial charge in [0.05, 0.1) is 6.61 Å². The second kappa shape index (κ2) is 9.66. The van der Waals surface area contributed by atoms with Gasteiger partial charge in [0.2, 0.25) is 0 Å². The fourth-order valence-corrected chi connectivity index (χ4v) is 2.18. The Bertz CT molecular complexity index is 224. The molecule has 1 saturated heterocycles. The van der Waals surface area contributed by atoms with Gasteiger partial charge in [0, 0.05) is 6.61 Å². The fourth-order valence-electron chi connectivity index (χ4n) is 2.18. The Morgan fingerprint density at radius 2 is 1.58 bits per heavy atom. The van der Waals surface area contributed by atoms with Crippen molar-refractivity contribution in [2.75, 3.05) is 13.2 Å². The molecule has 5 nitrogen and oxygen atoms in total. The van der Waals surface area contributed by atoms with Crippen LogP contribution in [0.15, 0.2) is 0 Å². The smallest absolute Gasteiger partial charge is 0.186 e. The molecule has 0 radical (unpaired) electrons. The summed E-state index contributed by atoms with van der Waals surface area (Å²) in [6, 6.07) is 0. The monoisotopic (exact) mass is 276 g/mol. The summed E-state index contributed by atoms with van der Waals surface area (Å²) in [5, 5.41) is 28.4. The normalized spacial score (nSPS) is 31.6. The van der Waals surface area contributed by atoms with E-state index in [1.165, 1.54) is 32.1 Å². The van der Waals surface area contributed by atoms with E-state index in [1.807, 2.05) is 0 Å². The number of hydrogen-bond donors (Lipinski definition) is 3. The second-order valence-corrected chi connectivity index (χ2v) is 5.24. The van der Waals surface area contributed by atoms with E-state index in [2.05, 4.69) is 6.92 Å². The third-order valence-corrected chi connectivity index (χ3v) is 3.48. The van der Waals surface area contributed by atoms with E-state index in [-0.39, 0.29) is 6.61 Å². The maximum absolute atomic E-state index is 9.65. The first-order chi connectivity index (χ1) is 9.16. The van der Waals surface area contributed by atoms with Crippen LogP contribution < -0.4 is 0 Å². The van der Waals surface area contributed by atoms with Gasteiger partial charge in [-0.15, -0.1) is 0 Å². The summed E-state index contributed by atoms with van der Waals surface area (Å²) < 4.78 is 10.5. The van der Waals surface area contributed by atoms with Gasteiger partial charge in [-0.1, -0.05) is 45.4 Å². The van der Waals surface area contributed by atoms with Gasteiger partial charge >= 0.3 is 0 Å². The van der Waals surface area contributed by atoms with Crippen LogP contribution in [0.1, 0.15) is 51.9 Å². The molecule has 0 unspecified atom stereocenters. The van der Waals surface area contributed by atoms with Gasteiger partial charge in [0.25, 0.3) is 0 Å². The molecule has 1 rings (SSSR count). The maximum atomic E-state index is 9.65. The first kappa shape index (κ1) is 16.9. The number of aliphatic hydroxyl groups is 3. The lowest BCUT2D eigenvalue weighted by Crippen LogP contribution is -2.53. The molecular formula is C14H28O5. The Morgan fingerprint density at radius 3 is 2.26 bits per heavy atom. The minimum absolute atomic E-state index is 0.0000882. The number of aliphatic hydroxyl groups excluding tert-OH is 3. The minimum atomic E-state index is -1.19. The van der Waals surface area contributed by atoms with E-state index in [0.29, 0.717) is 6.61 Å². The predicted octanol–water partition coefficient (Wildman–Crippen LogP) is 1.19. The lowest BCUT2D eigenvalue weighted by Gasteiger charge is -2.34. The summed E-state index contributed by atoms with van der Waals surface area (Å²) in [4.78, 5) is 0. The van der Waals surface area contributed by atoms with Crippen LogP contribution >= 0.6 is 0 Å². The van der Waals surface area contributed by atoms with E-state index < -0.39 is 24.6 Å². The zero-order valence-electron chi connectivity index (χ0n) is 11.8. The summed E-state index contributed by atoms with van der Waals surface area (Å²) in [7, 11) is 0. The fraction of sp³-hybridized carbons (Fsp3) is 1.00. The summed E-state index contributed by atoms with van der Waals surface area (Å²) in [5.74, 6) is 0. The summed E-state index contributed by atoms with van der Waals surface area (Å²) in [5.41, 5.74) is 0. The topological polar surface area (TPSA) is 79.2 Å². The van der Waals surface area contributed by atoms with Crippen LogP contribution in [0.4, 0.5) is 0 Å². The van der Waals surface area contributed by atoms with Crippen molar-refractivity contribution in [3.8, 4) is 0 Å². The van der Waals surface area contributed by atoms with E-state index in [0.717, 1.165) is 12.8 Å². The van der Waals surface area contributed by atoms with Crippen LogP contribution in [0, 0.1) is 0 Å². The molecule has 0 aromatic carbocycles. The molecule has 1 aliphatic heterocycles. The van der Waals surface area contributed by atoms with Gasteiger partial charge in [0.15, 0.2) is 6.29 Å². The Labute approximate surface area is 115 Å². The van der Waals surface area contributed by atoms with Crippen LogP contribution in [0.5, 0.6) is 0 Å². The average Bonchev–Trinajstić information content (AvgIpc) is 2.41. The largest absolute Gasteiger partial charge is 0.388 e. The summed E-state index contributed by atoms with van der Waals surface area (Å²) in [6.07, 6.45) is 4.15. The van der Waals surface area contributed by atoms with Crippen molar-refractivity contribution in [1.29, 1.82) is 0 Å². The molecule has 5 heteroatoms. The van der Waals surface area contributed by atoms with Crippen molar-refractivity contribution < 1.29 is 24.8 Å². The summed E-state index contributed by atoms with van der Waals surface area (Å²) >= 11 is 0. The Kier molecular flexibility index (Phi) is 8.57. The molecule has 0 aromatic rings. The minimum Gasteiger partial charge on any atom is -0.388 e. The molecule has 0 bridgehead atoms. The highest BCUT2D eigenvalue weighted by Crippen LogP contribution is 2.17. The average molecular weight is 276 g/mol. The predicted molar refractivity (Wildman–Crippen MR) is 71.7 cm³/mol. The third kappa shape index (κ3) is 6.19. The molecule has 0 spiro atoms.